The summed E-state index contributed by atoms with van der Waals surface area (Å²) in [6, 6.07) is 0. The van der Waals surface area contributed by atoms with Crippen LogP contribution in [-0.2, 0) is 65.4 Å². The summed E-state index contributed by atoms with van der Waals surface area (Å²) in [4.78, 5) is 76.2. The first-order valence-corrected chi connectivity index (χ1v) is 18.4. The van der Waals surface area contributed by atoms with Crippen LogP contribution in [0.3, 0.4) is 0 Å². The van der Waals surface area contributed by atoms with Gasteiger partial charge in [0, 0.05) is 57.5 Å². The fraction of sp³-hybridized carbons (Fsp3) is 0.641. The summed E-state index contributed by atoms with van der Waals surface area (Å²) in [5.41, 5.74) is 2.90. The number of hydrogen-bond acceptors (Lipinski definition) is 15. The molecule has 15 heteroatoms. The molecule has 0 aliphatic carbocycles. The van der Waals surface area contributed by atoms with Crippen LogP contribution in [0.5, 0.6) is 11.5 Å². The molecule has 1 fully saturated rings. The molecule has 2 atom stereocenters. The second-order valence-corrected chi connectivity index (χ2v) is 13.8. The predicted molar refractivity (Wildman–Crippen MR) is 193 cm³/mol. The van der Waals surface area contributed by atoms with Gasteiger partial charge in [0.25, 0.3) is 0 Å². The van der Waals surface area contributed by atoms with E-state index in [4.69, 9.17) is 37.9 Å². The van der Waals surface area contributed by atoms with E-state index in [0.717, 1.165) is 18.7 Å². The molecule has 0 saturated carbocycles. The SMILES string of the molecule is COc1c(C)c2c(c(OC(=O)C(C)CCC(C)CC(=O)OC(COC(C)=O)COC(C)=O)c1C/C=C(\C)CCC(=O)OCCN1CCOCC1)C(=O)OC2. The summed E-state index contributed by atoms with van der Waals surface area (Å²) >= 11 is 0. The Morgan fingerprint density at radius 2 is 1.56 bits per heavy atom. The van der Waals surface area contributed by atoms with E-state index < -0.39 is 41.9 Å². The van der Waals surface area contributed by atoms with E-state index in [1.54, 1.807) is 6.92 Å². The van der Waals surface area contributed by atoms with E-state index in [0.29, 0.717) is 68.1 Å². The largest absolute Gasteiger partial charge is 0.496 e. The Labute approximate surface area is 316 Å². The zero-order valence-corrected chi connectivity index (χ0v) is 32.6. The quantitative estimate of drug-likeness (QED) is 0.0752. The van der Waals surface area contributed by atoms with Gasteiger partial charge in [0.2, 0.25) is 0 Å². The highest BCUT2D eigenvalue weighted by Crippen LogP contribution is 2.43. The predicted octanol–water partition coefficient (Wildman–Crippen LogP) is 4.20. The highest BCUT2D eigenvalue weighted by atomic mass is 16.6. The van der Waals surface area contributed by atoms with E-state index >= 15 is 0 Å². The molecule has 0 spiro atoms. The van der Waals surface area contributed by atoms with Crippen molar-refractivity contribution in [2.45, 2.75) is 92.8 Å². The van der Waals surface area contributed by atoms with Crippen LogP contribution in [0.2, 0.25) is 0 Å². The second-order valence-electron chi connectivity index (χ2n) is 13.8. The third-order valence-corrected chi connectivity index (χ3v) is 9.23. The van der Waals surface area contributed by atoms with Crippen LogP contribution in [0.4, 0.5) is 0 Å². The van der Waals surface area contributed by atoms with Crippen LogP contribution < -0.4 is 9.47 Å². The third-order valence-electron chi connectivity index (χ3n) is 9.23. The van der Waals surface area contributed by atoms with Crippen molar-refractivity contribution in [3.8, 4) is 11.5 Å². The smallest absolute Gasteiger partial charge is 0.342 e. The topological polar surface area (TPSA) is 179 Å². The molecule has 2 unspecified atom stereocenters. The maximum Gasteiger partial charge on any atom is 0.342 e. The van der Waals surface area contributed by atoms with Gasteiger partial charge < -0.3 is 37.9 Å². The first-order chi connectivity index (χ1) is 25.7. The summed E-state index contributed by atoms with van der Waals surface area (Å²) < 4.78 is 43.1. The first-order valence-electron chi connectivity index (χ1n) is 18.4. The fourth-order valence-electron chi connectivity index (χ4n) is 6.00. The summed E-state index contributed by atoms with van der Waals surface area (Å²) in [5.74, 6) is -3.40. The lowest BCUT2D eigenvalue weighted by atomic mass is 9.94. The Balaban J connectivity index is 1.62. The molecule has 300 valence electrons. The van der Waals surface area contributed by atoms with Crippen molar-refractivity contribution in [3.63, 3.8) is 0 Å². The zero-order chi connectivity index (χ0) is 39.8. The number of cyclic esters (lactones) is 1. The Hall–Kier alpha value is -4.50. The molecule has 54 heavy (non-hydrogen) atoms. The van der Waals surface area contributed by atoms with Crippen LogP contribution in [0.1, 0.15) is 93.8 Å². The molecule has 2 heterocycles. The first kappa shape index (κ1) is 43.9. The average molecular weight is 762 g/mol. The van der Waals surface area contributed by atoms with Crippen LogP contribution in [0, 0.1) is 18.8 Å². The maximum absolute atomic E-state index is 13.5. The highest BCUT2D eigenvalue weighted by molar-refractivity contribution is 5.99. The molecular formula is C39H55NO14. The van der Waals surface area contributed by atoms with E-state index in [1.807, 2.05) is 26.8 Å². The third kappa shape index (κ3) is 14.0. The van der Waals surface area contributed by atoms with Gasteiger partial charge in [-0.1, -0.05) is 25.5 Å². The van der Waals surface area contributed by atoms with Crippen molar-refractivity contribution >= 4 is 35.8 Å². The highest BCUT2D eigenvalue weighted by Gasteiger charge is 2.35. The van der Waals surface area contributed by atoms with Gasteiger partial charge in [-0.2, -0.15) is 0 Å². The van der Waals surface area contributed by atoms with Crippen LogP contribution in [0.15, 0.2) is 11.6 Å². The number of methoxy groups -OCH3 is 1. The van der Waals surface area contributed by atoms with Crippen LogP contribution >= 0.6 is 0 Å². The van der Waals surface area contributed by atoms with Crippen molar-refractivity contribution in [3.05, 3.63) is 33.9 Å². The average Bonchev–Trinajstić information content (AvgIpc) is 3.52. The van der Waals surface area contributed by atoms with Crippen LogP contribution in [0.25, 0.3) is 0 Å². The molecule has 1 aromatic carbocycles. The van der Waals surface area contributed by atoms with Gasteiger partial charge in [0.1, 0.15) is 37.7 Å². The van der Waals surface area contributed by atoms with Crippen molar-refractivity contribution in [1.82, 2.24) is 4.90 Å². The lowest BCUT2D eigenvalue weighted by Crippen LogP contribution is -2.38. The second kappa shape index (κ2) is 22.0. The number of fused-ring (bicyclic) bond motifs is 1. The zero-order valence-electron chi connectivity index (χ0n) is 32.6. The number of esters is 6. The molecule has 0 N–H and O–H groups in total. The minimum absolute atomic E-state index is 0.00884. The lowest BCUT2D eigenvalue weighted by Gasteiger charge is -2.26. The van der Waals surface area contributed by atoms with Crippen molar-refractivity contribution in [2.75, 3.05) is 59.8 Å². The van der Waals surface area contributed by atoms with Crippen molar-refractivity contribution < 1.29 is 66.7 Å². The molecule has 1 aromatic rings. The van der Waals surface area contributed by atoms with Crippen molar-refractivity contribution in [1.29, 1.82) is 0 Å². The molecule has 2 aliphatic heterocycles. The molecule has 3 rings (SSSR count). The van der Waals surface area contributed by atoms with Gasteiger partial charge in [-0.25, -0.2) is 4.79 Å². The van der Waals surface area contributed by atoms with Gasteiger partial charge >= 0.3 is 35.8 Å². The van der Waals surface area contributed by atoms with Crippen molar-refractivity contribution in [2.24, 2.45) is 11.8 Å². The monoisotopic (exact) mass is 761 g/mol. The Morgan fingerprint density at radius 1 is 0.889 bits per heavy atom. The molecule has 0 bridgehead atoms. The number of benzene rings is 1. The maximum atomic E-state index is 13.5. The van der Waals surface area contributed by atoms with E-state index in [-0.39, 0.29) is 62.3 Å². The fourth-order valence-corrected chi connectivity index (χ4v) is 6.00. The molecular weight excluding hydrogens is 706 g/mol. The summed E-state index contributed by atoms with van der Waals surface area (Å²) in [6.45, 7) is 13.2. The summed E-state index contributed by atoms with van der Waals surface area (Å²) in [7, 11) is 1.51. The molecule has 1 saturated heterocycles. The van der Waals surface area contributed by atoms with Gasteiger partial charge in [-0.15, -0.1) is 0 Å². The Bertz CT molecular complexity index is 1510. The number of morpholine rings is 1. The molecule has 2 aliphatic rings. The summed E-state index contributed by atoms with van der Waals surface area (Å²) in [6.07, 6.45) is 2.72. The number of rotatable bonds is 21. The molecule has 0 aromatic heterocycles. The standard InChI is InChI=1S/C39H55NO14/c1-24(10-13-33(43)49-19-16-40-14-17-48-18-15-40)9-12-31-36(47-7)27(4)32-23-52-39(46)35(32)37(31)54-38(45)26(3)11-8-25(2)20-34(44)53-30(21-50-28(5)41)22-51-29(6)42/h9,25-26,30H,8,10-23H2,1-7H3/b24-9+. The normalized spacial score (nSPS) is 15.5. The Morgan fingerprint density at radius 3 is 2.19 bits per heavy atom. The molecule has 15 nitrogen and oxygen atoms in total. The molecule has 0 radical (unpaired) electrons. The van der Waals surface area contributed by atoms with Crippen LogP contribution in [-0.4, -0.2) is 107 Å². The lowest BCUT2D eigenvalue weighted by molar-refractivity contribution is -0.166. The number of ether oxygens (including phenoxy) is 8. The minimum Gasteiger partial charge on any atom is -0.496 e. The number of hydrogen-bond donors (Lipinski definition) is 0. The van der Waals surface area contributed by atoms with E-state index in [2.05, 4.69) is 4.90 Å². The van der Waals surface area contributed by atoms with E-state index in [1.165, 1.54) is 21.0 Å². The number of nitrogens with zero attached hydrogens (tertiary/aromatic N) is 1. The van der Waals surface area contributed by atoms with Gasteiger partial charge in [0.15, 0.2) is 11.9 Å². The number of allylic oxidation sites excluding steroid dienone is 2. The number of carbonyl (C=O) groups excluding carboxylic acids is 6. The van der Waals surface area contributed by atoms with Gasteiger partial charge in [-0.3, -0.25) is 28.9 Å². The minimum atomic E-state index is -0.952. The summed E-state index contributed by atoms with van der Waals surface area (Å²) in [5, 5.41) is 0. The van der Waals surface area contributed by atoms with Gasteiger partial charge in [-0.05, 0) is 51.0 Å². The van der Waals surface area contributed by atoms with Gasteiger partial charge in [0.05, 0.1) is 26.2 Å². The number of carbonyl (C=O) groups is 6. The Kier molecular flexibility index (Phi) is 17.9. The van der Waals surface area contributed by atoms with E-state index in [9.17, 15) is 28.8 Å². The molecule has 0 amide bonds.